The summed E-state index contributed by atoms with van der Waals surface area (Å²) in [5.74, 6) is -0.199. The first-order chi connectivity index (χ1) is 14.4. The van der Waals surface area contributed by atoms with E-state index in [9.17, 15) is 13.2 Å². The van der Waals surface area contributed by atoms with Gasteiger partial charge in [0.25, 0.3) is 0 Å². The van der Waals surface area contributed by atoms with Gasteiger partial charge in [-0.3, -0.25) is 0 Å². The third-order valence-electron chi connectivity index (χ3n) is 4.50. The van der Waals surface area contributed by atoms with Crippen molar-refractivity contribution < 1.29 is 13.2 Å². The maximum absolute atomic E-state index is 13.4. The van der Waals surface area contributed by atoms with Gasteiger partial charge in [-0.05, 0) is 65.3 Å². The van der Waals surface area contributed by atoms with Crippen LogP contribution in [0.1, 0.15) is 37.3 Å². The first-order valence-corrected chi connectivity index (χ1v) is 10.8. The van der Waals surface area contributed by atoms with Crippen molar-refractivity contribution in [3.63, 3.8) is 0 Å². The van der Waals surface area contributed by atoms with Gasteiger partial charge in [-0.2, -0.15) is 18.2 Å². The molecule has 3 rings (SSSR count). The summed E-state index contributed by atoms with van der Waals surface area (Å²) >= 11 is 2.06. The Morgan fingerprint density at radius 2 is 1.70 bits per heavy atom. The van der Waals surface area contributed by atoms with E-state index in [1.807, 2.05) is 30.3 Å². The minimum atomic E-state index is -4.57. The molecule has 0 aliphatic heterocycles. The molecule has 0 spiro atoms. The molecule has 30 heavy (non-hydrogen) atoms. The van der Waals surface area contributed by atoms with E-state index in [4.69, 9.17) is 0 Å². The van der Waals surface area contributed by atoms with Gasteiger partial charge in [-0.25, -0.2) is 4.98 Å². The summed E-state index contributed by atoms with van der Waals surface area (Å²) in [6.07, 6.45) is 0.736. The van der Waals surface area contributed by atoms with E-state index < -0.39 is 11.7 Å². The molecule has 0 radical (unpaired) electrons. The normalized spacial score (nSPS) is 11.4. The van der Waals surface area contributed by atoms with Crippen molar-refractivity contribution in [1.29, 1.82) is 0 Å². The number of unbranched alkanes of at least 4 members (excludes halogenated alkanes) is 2. The Morgan fingerprint density at radius 1 is 0.967 bits per heavy atom. The first kappa shape index (κ1) is 22.3. The second-order valence-electron chi connectivity index (χ2n) is 6.84. The van der Waals surface area contributed by atoms with E-state index in [-0.39, 0.29) is 11.8 Å². The van der Waals surface area contributed by atoms with Crippen LogP contribution in [0.2, 0.25) is 0 Å². The second kappa shape index (κ2) is 10.1. The number of nitrogens with zero attached hydrogens (tertiary/aromatic N) is 2. The molecule has 1 heterocycles. The van der Waals surface area contributed by atoms with E-state index in [1.165, 1.54) is 18.4 Å². The lowest BCUT2D eigenvalue weighted by molar-refractivity contribution is -0.137. The Hall–Kier alpha value is -2.36. The van der Waals surface area contributed by atoms with Gasteiger partial charge in [0.05, 0.1) is 5.69 Å². The Bertz CT molecular complexity index is 975. The first-order valence-electron chi connectivity index (χ1n) is 9.68. The van der Waals surface area contributed by atoms with Crippen LogP contribution in [0.25, 0.3) is 0 Å². The molecule has 2 aromatic carbocycles. The Labute approximate surface area is 187 Å². The molecule has 3 aromatic rings. The van der Waals surface area contributed by atoms with E-state index in [2.05, 4.69) is 50.1 Å². The van der Waals surface area contributed by atoms with Gasteiger partial charge in [-0.15, -0.1) is 0 Å². The molecule has 4 nitrogen and oxygen atoms in total. The molecule has 158 valence electrons. The highest BCUT2D eigenvalue weighted by Gasteiger charge is 2.35. The molecule has 0 atom stereocenters. The van der Waals surface area contributed by atoms with Crippen LogP contribution in [0.5, 0.6) is 0 Å². The molecule has 0 saturated heterocycles. The number of alkyl halides is 3. The van der Waals surface area contributed by atoms with Gasteiger partial charge < -0.3 is 10.6 Å². The zero-order valence-corrected chi connectivity index (χ0v) is 18.6. The fraction of sp³-hybridized carbons (Fsp3) is 0.273. The largest absolute Gasteiger partial charge is 0.421 e. The number of halogens is 4. The lowest BCUT2D eigenvalue weighted by Gasteiger charge is -2.15. The fourth-order valence-corrected chi connectivity index (χ4v) is 3.42. The Morgan fingerprint density at radius 3 is 2.37 bits per heavy atom. The summed E-state index contributed by atoms with van der Waals surface area (Å²) in [6, 6.07) is 14.9. The zero-order chi connectivity index (χ0) is 21.6. The van der Waals surface area contributed by atoms with Gasteiger partial charge in [-0.1, -0.05) is 44.0 Å². The van der Waals surface area contributed by atoms with Gasteiger partial charge in [0.2, 0.25) is 5.95 Å². The summed E-state index contributed by atoms with van der Waals surface area (Å²) in [5.41, 5.74) is 1.57. The minimum Gasteiger partial charge on any atom is -0.339 e. The van der Waals surface area contributed by atoms with Crippen molar-refractivity contribution in [1.82, 2.24) is 9.97 Å². The van der Waals surface area contributed by atoms with Crippen LogP contribution >= 0.6 is 22.6 Å². The monoisotopic (exact) mass is 526 g/mol. The predicted octanol–water partition coefficient (Wildman–Crippen LogP) is 7.32. The van der Waals surface area contributed by atoms with Crippen molar-refractivity contribution in [2.75, 3.05) is 10.6 Å². The van der Waals surface area contributed by atoms with Crippen molar-refractivity contribution in [3.8, 4) is 0 Å². The van der Waals surface area contributed by atoms with Gasteiger partial charge >= 0.3 is 6.18 Å². The molecule has 0 saturated carbocycles. The lowest BCUT2D eigenvalue weighted by Crippen LogP contribution is -2.13. The van der Waals surface area contributed by atoms with E-state index >= 15 is 0 Å². The average molecular weight is 526 g/mol. The Balaban J connectivity index is 1.81. The molecule has 0 aliphatic carbocycles. The van der Waals surface area contributed by atoms with Gasteiger partial charge in [0.1, 0.15) is 11.4 Å². The molecule has 0 bridgehead atoms. The standard InChI is InChI=1S/C22H22F3IN4/c1-2-3-4-7-15-10-12-16(13-11-15)28-21-27-14-17(22(23,24)25)20(30-21)29-19-9-6-5-8-18(19)26/h5-6,8-14H,2-4,7H2,1H3,(H2,27,28,29,30). The maximum Gasteiger partial charge on any atom is 0.421 e. The number of hydrogen-bond donors (Lipinski definition) is 2. The van der Waals surface area contributed by atoms with Crippen molar-refractivity contribution in [2.24, 2.45) is 0 Å². The molecular formula is C22H22F3IN4. The number of para-hydroxylation sites is 1. The number of hydrogen-bond acceptors (Lipinski definition) is 4. The van der Waals surface area contributed by atoms with E-state index in [0.29, 0.717) is 11.4 Å². The maximum atomic E-state index is 13.4. The van der Waals surface area contributed by atoms with Crippen LogP contribution in [-0.4, -0.2) is 9.97 Å². The fourth-order valence-electron chi connectivity index (χ4n) is 2.90. The predicted molar refractivity (Wildman–Crippen MR) is 122 cm³/mol. The number of aromatic nitrogens is 2. The highest BCUT2D eigenvalue weighted by atomic mass is 127. The average Bonchev–Trinajstić information content (AvgIpc) is 2.70. The molecule has 0 fully saturated rings. The van der Waals surface area contributed by atoms with Crippen LogP contribution in [0.4, 0.5) is 36.3 Å². The van der Waals surface area contributed by atoms with Gasteiger partial charge in [0.15, 0.2) is 0 Å². The van der Waals surface area contributed by atoms with Crippen molar-refractivity contribution in [3.05, 3.63) is 69.4 Å². The molecule has 2 N–H and O–H groups in total. The molecule has 0 aliphatic rings. The van der Waals surface area contributed by atoms with Crippen LogP contribution in [0, 0.1) is 3.57 Å². The Kier molecular flexibility index (Phi) is 7.52. The summed E-state index contributed by atoms with van der Waals surface area (Å²) < 4.78 is 41.1. The highest BCUT2D eigenvalue weighted by Crippen LogP contribution is 2.36. The summed E-state index contributed by atoms with van der Waals surface area (Å²) in [4.78, 5) is 7.96. The third-order valence-corrected chi connectivity index (χ3v) is 5.44. The van der Waals surface area contributed by atoms with Crippen LogP contribution in [-0.2, 0) is 12.6 Å². The SMILES string of the molecule is CCCCCc1ccc(Nc2ncc(C(F)(F)F)c(Nc3ccccc3I)n2)cc1. The van der Waals surface area contributed by atoms with E-state index in [0.717, 1.165) is 22.6 Å². The lowest BCUT2D eigenvalue weighted by atomic mass is 10.1. The molecule has 8 heteroatoms. The summed E-state index contributed by atoms with van der Waals surface area (Å²) in [6.45, 7) is 2.17. The van der Waals surface area contributed by atoms with Crippen molar-refractivity contribution in [2.45, 2.75) is 38.8 Å². The number of aryl methyl sites for hydroxylation is 1. The highest BCUT2D eigenvalue weighted by molar-refractivity contribution is 14.1. The van der Waals surface area contributed by atoms with Crippen molar-refractivity contribution >= 4 is 45.7 Å². The molecule has 0 amide bonds. The van der Waals surface area contributed by atoms with E-state index in [1.54, 1.807) is 18.2 Å². The topological polar surface area (TPSA) is 49.8 Å². The molecule has 1 aromatic heterocycles. The molecule has 0 unspecified atom stereocenters. The zero-order valence-electron chi connectivity index (χ0n) is 16.4. The second-order valence-corrected chi connectivity index (χ2v) is 8.00. The number of rotatable bonds is 8. The molecular weight excluding hydrogens is 504 g/mol. The smallest absolute Gasteiger partial charge is 0.339 e. The number of benzene rings is 2. The van der Waals surface area contributed by atoms with Crippen LogP contribution < -0.4 is 10.6 Å². The van der Waals surface area contributed by atoms with Crippen LogP contribution in [0.15, 0.2) is 54.7 Å². The van der Waals surface area contributed by atoms with Gasteiger partial charge in [0, 0.05) is 15.5 Å². The van der Waals surface area contributed by atoms with Crippen LogP contribution in [0.3, 0.4) is 0 Å². The minimum absolute atomic E-state index is 0.0928. The number of nitrogens with one attached hydrogen (secondary N) is 2. The summed E-state index contributed by atoms with van der Waals surface area (Å²) in [5, 5.41) is 5.78. The third kappa shape index (κ3) is 6.07. The summed E-state index contributed by atoms with van der Waals surface area (Å²) in [7, 11) is 0. The number of anilines is 4. The quantitative estimate of drug-likeness (QED) is 0.239.